The zero-order valence-electron chi connectivity index (χ0n) is 12.3. The fraction of sp³-hybridized carbons (Fsp3) is 0.571. The number of rotatable bonds is 2. The van der Waals surface area contributed by atoms with Gasteiger partial charge >= 0.3 is 0 Å². The number of thiazole rings is 1. The number of nitrogens with zero attached hydrogens (tertiary/aromatic N) is 4. The van der Waals surface area contributed by atoms with Gasteiger partial charge < -0.3 is 15.1 Å². The van der Waals surface area contributed by atoms with Crippen LogP contribution in [0.5, 0.6) is 0 Å². The highest BCUT2D eigenvalue weighted by atomic mass is 32.1. The van der Waals surface area contributed by atoms with Crippen molar-refractivity contribution in [2.24, 2.45) is 5.92 Å². The van der Waals surface area contributed by atoms with Crippen molar-refractivity contribution >= 4 is 28.3 Å². The summed E-state index contributed by atoms with van der Waals surface area (Å²) in [5.74, 6) is -0.172. The first kappa shape index (κ1) is 14.8. The Labute approximate surface area is 132 Å². The van der Waals surface area contributed by atoms with Crippen LogP contribution < -0.4 is 5.32 Å². The van der Waals surface area contributed by atoms with Crippen molar-refractivity contribution in [3.05, 3.63) is 10.6 Å². The van der Waals surface area contributed by atoms with Crippen LogP contribution in [0.4, 0.5) is 5.13 Å². The molecular formula is C14H17N5O2S. The smallest absolute Gasteiger partial charge is 0.231 e. The highest BCUT2D eigenvalue weighted by Crippen LogP contribution is 2.29. The fourth-order valence-electron chi connectivity index (χ4n) is 2.79. The minimum Gasteiger partial charge on any atom is -0.337 e. The van der Waals surface area contributed by atoms with Gasteiger partial charge in [-0.15, -0.1) is 0 Å². The maximum absolute atomic E-state index is 12.2. The molecule has 7 nitrogen and oxygen atoms in total. The number of anilines is 1. The average Bonchev–Trinajstić information content (AvgIpc) is 3.12. The van der Waals surface area contributed by atoms with Crippen molar-refractivity contribution in [2.75, 3.05) is 25.0 Å². The number of likely N-dealkylation sites (tertiary alicyclic amines) is 1. The number of nitriles is 1. The lowest BCUT2D eigenvalue weighted by Crippen LogP contribution is -2.33. The number of carbonyl (C=O) groups excluding carboxylic acids is 2. The van der Waals surface area contributed by atoms with Gasteiger partial charge in [-0.1, -0.05) is 11.3 Å². The van der Waals surface area contributed by atoms with Crippen LogP contribution in [0.2, 0.25) is 0 Å². The van der Waals surface area contributed by atoms with Gasteiger partial charge in [0.1, 0.15) is 0 Å². The third kappa shape index (κ3) is 2.90. The van der Waals surface area contributed by atoms with E-state index in [0.717, 1.165) is 17.0 Å². The lowest BCUT2D eigenvalue weighted by Gasteiger charge is -2.24. The van der Waals surface area contributed by atoms with Crippen LogP contribution in [0.1, 0.15) is 23.9 Å². The molecule has 0 aromatic carbocycles. The molecule has 8 heteroatoms. The molecule has 1 aromatic rings. The maximum Gasteiger partial charge on any atom is 0.231 e. The Hall–Kier alpha value is -2.14. The lowest BCUT2D eigenvalue weighted by molar-refractivity contribution is -0.129. The van der Waals surface area contributed by atoms with Gasteiger partial charge in [0.05, 0.1) is 18.2 Å². The van der Waals surface area contributed by atoms with Crippen LogP contribution in [-0.4, -0.2) is 46.2 Å². The van der Waals surface area contributed by atoms with E-state index in [1.807, 2.05) is 0 Å². The third-order valence-corrected chi connectivity index (χ3v) is 5.10. The molecule has 0 saturated carbocycles. The van der Waals surface area contributed by atoms with Crippen molar-refractivity contribution in [1.82, 2.24) is 14.8 Å². The summed E-state index contributed by atoms with van der Waals surface area (Å²) in [4.78, 5) is 32.5. The van der Waals surface area contributed by atoms with Gasteiger partial charge in [-0.05, 0) is 6.42 Å². The first-order valence-electron chi connectivity index (χ1n) is 7.26. The quantitative estimate of drug-likeness (QED) is 0.814. The number of nitrogens with one attached hydrogen (secondary N) is 1. The van der Waals surface area contributed by atoms with Crippen LogP contribution in [-0.2, 0) is 22.6 Å². The Morgan fingerprint density at radius 1 is 1.45 bits per heavy atom. The van der Waals surface area contributed by atoms with E-state index in [4.69, 9.17) is 5.26 Å². The zero-order chi connectivity index (χ0) is 15.7. The molecule has 0 bridgehead atoms. The van der Waals surface area contributed by atoms with Crippen LogP contribution in [0.25, 0.3) is 0 Å². The SMILES string of the molecule is CC(=O)N1CCc2nc(NC(=O)[C@H]3CCN(C#N)C3)sc2C1. The van der Waals surface area contributed by atoms with Crippen LogP contribution in [0, 0.1) is 17.4 Å². The van der Waals surface area contributed by atoms with Crippen molar-refractivity contribution in [1.29, 1.82) is 5.26 Å². The first-order chi connectivity index (χ1) is 10.6. The van der Waals surface area contributed by atoms with Crippen LogP contribution in [0.3, 0.4) is 0 Å². The topological polar surface area (TPSA) is 89.3 Å². The summed E-state index contributed by atoms with van der Waals surface area (Å²) in [6.07, 6.45) is 3.50. The second-order valence-electron chi connectivity index (χ2n) is 5.60. The summed E-state index contributed by atoms with van der Waals surface area (Å²) in [6.45, 7) is 3.93. The van der Waals surface area contributed by atoms with Gasteiger partial charge in [-0.2, -0.15) is 5.26 Å². The molecule has 0 spiro atoms. The molecule has 116 valence electrons. The molecule has 1 atom stereocenters. The van der Waals surface area contributed by atoms with Gasteiger partial charge in [-0.3, -0.25) is 9.59 Å². The molecule has 0 unspecified atom stereocenters. The van der Waals surface area contributed by atoms with Crippen molar-refractivity contribution in [2.45, 2.75) is 26.3 Å². The standard InChI is InChI=1S/C14H17N5O2S/c1-9(20)19-5-3-11-12(7-19)22-14(16-11)17-13(21)10-2-4-18(6-10)8-15/h10H,2-7H2,1H3,(H,16,17,21)/t10-/m0/s1. The van der Waals surface area contributed by atoms with E-state index in [2.05, 4.69) is 16.5 Å². The first-order valence-corrected chi connectivity index (χ1v) is 8.08. The normalized spacial score (nSPS) is 20.5. The minimum absolute atomic E-state index is 0.0622. The number of fused-ring (bicyclic) bond motifs is 1. The van der Waals surface area contributed by atoms with Crippen LogP contribution >= 0.6 is 11.3 Å². The summed E-state index contributed by atoms with van der Waals surface area (Å²) < 4.78 is 0. The van der Waals surface area contributed by atoms with Crippen molar-refractivity contribution in [3.8, 4) is 6.19 Å². The lowest BCUT2D eigenvalue weighted by atomic mass is 10.1. The fourth-order valence-corrected chi connectivity index (χ4v) is 3.82. The highest BCUT2D eigenvalue weighted by molar-refractivity contribution is 7.15. The zero-order valence-corrected chi connectivity index (χ0v) is 13.2. The molecule has 3 heterocycles. The molecule has 2 aliphatic rings. The number of carbonyl (C=O) groups is 2. The summed E-state index contributed by atoms with van der Waals surface area (Å²) in [7, 11) is 0. The summed E-state index contributed by atoms with van der Waals surface area (Å²) >= 11 is 1.43. The van der Waals surface area contributed by atoms with Gasteiger partial charge in [0.2, 0.25) is 11.8 Å². The molecule has 1 saturated heterocycles. The van der Waals surface area contributed by atoms with E-state index in [-0.39, 0.29) is 17.7 Å². The molecule has 0 radical (unpaired) electrons. The minimum atomic E-state index is -0.158. The number of hydrogen-bond donors (Lipinski definition) is 1. The van der Waals surface area contributed by atoms with E-state index in [1.54, 1.807) is 16.7 Å². The Balaban J connectivity index is 1.64. The van der Waals surface area contributed by atoms with Gasteiger partial charge in [0, 0.05) is 37.9 Å². The van der Waals surface area contributed by atoms with Crippen molar-refractivity contribution < 1.29 is 9.59 Å². The molecule has 2 aliphatic heterocycles. The van der Waals surface area contributed by atoms with Crippen LogP contribution in [0.15, 0.2) is 0 Å². The molecule has 1 aromatic heterocycles. The molecule has 1 fully saturated rings. The van der Waals surface area contributed by atoms with E-state index in [1.165, 1.54) is 11.3 Å². The van der Waals surface area contributed by atoms with Gasteiger partial charge in [-0.25, -0.2) is 4.98 Å². The number of amides is 2. The largest absolute Gasteiger partial charge is 0.337 e. The Bertz CT molecular complexity index is 650. The average molecular weight is 319 g/mol. The molecule has 22 heavy (non-hydrogen) atoms. The molecule has 2 amide bonds. The van der Waals surface area contributed by atoms with E-state index in [9.17, 15) is 9.59 Å². The van der Waals surface area contributed by atoms with Gasteiger partial charge in [0.25, 0.3) is 0 Å². The van der Waals surface area contributed by atoms with Crippen molar-refractivity contribution in [3.63, 3.8) is 0 Å². The molecule has 1 N–H and O–H groups in total. The van der Waals surface area contributed by atoms with E-state index < -0.39 is 0 Å². The molecular weight excluding hydrogens is 302 g/mol. The highest BCUT2D eigenvalue weighted by Gasteiger charge is 2.29. The predicted molar refractivity (Wildman–Crippen MR) is 80.8 cm³/mol. The Morgan fingerprint density at radius 2 is 2.27 bits per heavy atom. The Kier molecular flexibility index (Phi) is 3.98. The molecule has 3 rings (SSSR count). The summed E-state index contributed by atoms with van der Waals surface area (Å²) in [5.41, 5.74) is 0.975. The second kappa shape index (κ2) is 5.93. The van der Waals surface area contributed by atoms with Gasteiger partial charge in [0.15, 0.2) is 11.3 Å². The Morgan fingerprint density at radius 3 is 2.95 bits per heavy atom. The summed E-state index contributed by atoms with van der Waals surface area (Å²) in [5, 5.41) is 12.3. The third-order valence-electron chi connectivity index (χ3n) is 4.11. The number of aromatic nitrogens is 1. The van der Waals surface area contributed by atoms with E-state index in [0.29, 0.717) is 37.7 Å². The number of hydrogen-bond acceptors (Lipinski definition) is 6. The monoisotopic (exact) mass is 319 g/mol. The summed E-state index contributed by atoms with van der Waals surface area (Å²) in [6, 6.07) is 0. The predicted octanol–water partition coefficient (Wildman–Crippen LogP) is 0.789. The maximum atomic E-state index is 12.2. The second-order valence-corrected chi connectivity index (χ2v) is 6.68. The molecule has 0 aliphatic carbocycles. The van der Waals surface area contributed by atoms with E-state index >= 15 is 0 Å².